The molecular formula is C13H9BrClN3. The van der Waals surface area contributed by atoms with Crippen LogP contribution < -0.4 is 0 Å². The van der Waals surface area contributed by atoms with E-state index in [1.54, 1.807) is 6.33 Å². The first-order valence-electron chi connectivity index (χ1n) is 5.39. The van der Waals surface area contributed by atoms with Crippen LogP contribution in [0.3, 0.4) is 0 Å². The van der Waals surface area contributed by atoms with Gasteiger partial charge in [0.1, 0.15) is 12.0 Å². The van der Waals surface area contributed by atoms with Crippen LogP contribution in [-0.2, 0) is 7.05 Å². The number of rotatable bonds is 1. The standard InChI is InChI=1S/C13H9BrClN3/c1-18-6-9(14)11-12(16-7-17-13(11)18)8-4-2-3-5-10(8)15/h2-7H,1H3. The lowest BCUT2D eigenvalue weighted by Crippen LogP contribution is -1.91. The zero-order chi connectivity index (χ0) is 12.7. The van der Waals surface area contributed by atoms with Crippen molar-refractivity contribution in [2.75, 3.05) is 0 Å². The molecule has 2 heterocycles. The van der Waals surface area contributed by atoms with Crippen LogP contribution in [0.4, 0.5) is 0 Å². The van der Waals surface area contributed by atoms with Crippen LogP contribution in [0.1, 0.15) is 0 Å². The zero-order valence-corrected chi connectivity index (χ0v) is 11.9. The first kappa shape index (κ1) is 11.7. The average Bonchev–Trinajstić information content (AvgIpc) is 2.66. The van der Waals surface area contributed by atoms with E-state index >= 15 is 0 Å². The second kappa shape index (κ2) is 4.37. The van der Waals surface area contributed by atoms with E-state index in [1.807, 2.05) is 42.1 Å². The second-order valence-electron chi connectivity index (χ2n) is 3.99. The van der Waals surface area contributed by atoms with Gasteiger partial charge in [0.25, 0.3) is 0 Å². The van der Waals surface area contributed by atoms with E-state index in [4.69, 9.17) is 11.6 Å². The number of aromatic nitrogens is 3. The third-order valence-corrected chi connectivity index (χ3v) is 3.77. The predicted octanol–water partition coefficient (Wildman–Crippen LogP) is 4.05. The molecule has 0 bridgehead atoms. The molecule has 3 nitrogen and oxygen atoms in total. The van der Waals surface area contributed by atoms with E-state index in [-0.39, 0.29) is 0 Å². The topological polar surface area (TPSA) is 30.7 Å². The molecule has 5 heteroatoms. The second-order valence-corrected chi connectivity index (χ2v) is 5.25. The van der Waals surface area contributed by atoms with Crippen LogP contribution in [0, 0.1) is 0 Å². The van der Waals surface area contributed by atoms with Crippen LogP contribution in [0.25, 0.3) is 22.3 Å². The molecule has 3 aromatic rings. The largest absolute Gasteiger partial charge is 0.334 e. The Morgan fingerprint density at radius 1 is 1.22 bits per heavy atom. The van der Waals surface area contributed by atoms with Gasteiger partial charge in [0.15, 0.2) is 0 Å². The van der Waals surface area contributed by atoms with E-state index in [0.29, 0.717) is 5.02 Å². The van der Waals surface area contributed by atoms with Gasteiger partial charge in [-0.2, -0.15) is 0 Å². The van der Waals surface area contributed by atoms with Gasteiger partial charge in [-0.3, -0.25) is 0 Å². The van der Waals surface area contributed by atoms with Gasteiger partial charge < -0.3 is 4.57 Å². The molecule has 90 valence electrons. The van der Waals surface area contributed by atoms with Crippen molar-refractivity contribution >= 4 is 38.6 Å². The average molecular weight is 323 g/mol. The fraction of sp³-hybridized carbons (Fsp3) is 0.0769. The number of aryl methyl sites for hydroxylation is 1. The number of nitrogens with zero attached hydrogens (tertiary/aromatic N) is 3. The van der Waals surface area contributed by atoms with Crippen molar-refractivity contribution in [2.45, 2.75) is 0 Å². The van der Waals surface area contributed by atoms with Gasteiger partial charge in [-0.1, -0.05) is 29.8 Å². The molecule has 0 aliphatic carbocycles. The van der Waals surface area contributed by atoms with Gasteiger partial charge in [-0.05, 0) is 22.0 Å². The minimum absolute atomic E-state index is 0.688. The van der Waals surface area contributed by atoms with E-state index < -0.39 is 0 Å². The minimum atomic E-state index is 0.688. The van der Waals surface area contributed by atoms with Crippen molar-refractivity contribution in [2.24, 2.45) is 7.05 Å². The molecule has 0 radical (unpaired) electrons. The van der Waals surface area contributed by atoms with E-state index in [0.717, 1.165) is 26.8 Å². The number of hydrogen-bond donors (Lipinski definition) is 0. The normalized spacial score (nSPS) is 11.1. The summed E-state index contributed by atoms with van der Waals surface area (Å²) in [7, 11) is 1.95. The lowest BCUT2D eigenvalue weighted by Gasteiger charge is -2.05. The summed E-state index contributed by atoms with van der Waals surface area (Å²) in [5, 5.41) is 1.67. The maximum absolute atomic E-state index is 6.24. The van der Waals surface area contributed by atoms with Gasteiger partial charge in [-0.25, -0.2) is 9.97 Å². The molecule has 0 saturated heterocycles. The molecule has 0 unspecified atom stereocenters. The highest BCUT2D eigenvalue weighted by molar-refractivity contribution is 9.10. The van der Waals surface area contributed by atoms with Crippen molar-refractivity contribution in [1.82, 2.24) is 14.5 Å². The van der Waals surface area contributed by atoms with Gasteiger partial charge in [0.2, 0.25) is 0 Å². The molecule has 0 aliphatic heterocycles. The van der Waals surface area contributed by atoms with E-state index in [9.17, 15) is 0 Å². The summed E-state index contributed by atoms with van der Waals surface area (Å²) in [6, 6.07) is 7.68. The highest BCUT2D eigenvalue weighted by Crippen LogP contribution is 2.35. The zero-order valence-electron chi connectivity index (χ0n) is 9.56. The molecule has 0 spiro atoms. The van der Waals surface area contributed by atoms with Gasteiger partial charge in [-0.15, -0.1) is 0 Å². The molecule has 1 aromatic carbocycles. The molecule has 0 saturated carbocycles. The fourth-order valence-electron chi connectivity index (χ4n) is 2.02. The fourth-order valence-corrected chi connectivity index (χ4v) is 2.91. The third-order valence-electron chi connectivity index (χ3n) is 2.84. The highest BCUT2D eigenvalue weighted by Gasteiger charge is 2.14. The summed E-state index contributed by atoms with van der Waals surface area (Å²) in [5.74, 6) is 0. The molecule has 18 heavy (non-hydrogen) atoms. The van der Waals surface area contributed by atoms with Crippen molar-refractivity contribution < 1.29 is 0 Å². The maximum Gasteiger partial charge on any atom is 0.144 e. The Labute approximate surface area is 118 Å². The van der Waals surface area contributed by atoms with Gasteiger partial charge in [0.05, 0.1) is 11.1 Å². The quantitative estimate of drug-likeness (QED) is 0.676. The van der Waals surface area contributed by atoms with Crippen LogP contribution in [-0.4, -0.2) is 14.5 Å². The van der Waals surface area contributed by atoms with Crippen molar-refractivity contribution in [1.29, 1.82) is 0 Å². The van der Waals surface area contributed by atoms with E-state index in [2.05, 4.69) is 25.9 Å². The monoisotopic (exact) mass is 321 g/mol. The Morgan fingerprint density at radius 3 is 2.78 bits per heavy atom. The summed E-state index contributed by atoms with van der Waals surface area (Å²) < 4.78 is 2.93. The van der Waals surface area contributed by atoms with Crippen LogP contribution in [0.15, 0.2) is 41.3 Å². The number of benzene rings is 1. The highest BCUT2D eigenvalue weighted by atomic mass is 79.9. The molecule has 0 aliphatic rings. The Kier molecular flexibility index (Phi) is 2.84. The van der Waals surface area contributed by atoms with Crippen LogP contribution in [0.5, 0.6) is 0 Å². The maximum atomic E-state index is 6.24. The summed E-state index contributed by atoms with van der Waals surface area (Å²) in [6.07, 6.45) is 3.53. The molecule has 3 rings (SSSR count). The number of fused-ring (bicyclic) bond motifs is 1. The lowest BCUT2D eigenvalue weighted by molar-refractivity contribution is 0.942. The first-order chi connectivity index (χ1) is 8.68. The predicted molar refractivity (Wildman–Crippen MR) is 76.7 cm³/mol. The third kappa shape index (κ3) is 1.72. The van der Waals surface area contributed by atoms with Gasteiger partial charge in [0, 0.05) is 28.3 Å². The molecular weight excluding hydrogens is 314 g/mol. The van der Waals surface area contributed by atoms with Crippen molar-refractivity contribution in [3.8, 4) is 11.3 Å². The molecule has 0 N–H and O–H groups in total. The summed E-state index contributed by atoms with van der Waals surface area (Å²) >= 11 is 9.78. The van der Waals surface area contributed by atoms with Crippen molar-refractivity contribution in [3.63, 3.8) is 0 Å². The Bertz CT molecular complexity index is 736. The summed E-state index contributed by atoms with van der Waals surface area (Å²) in [4.78, 5) is 8.67. The SMILES string of the molecule is Cn1cc(Br)c2c(-c3ccccc3Cl)ncnc21. The number of halogens is 2. The molecule has 2 aromatic heterocycles. The first-order valence-corrected chi connectivity index (χ1v) is 6.56. The van der Waals surface area contributed by atoms with Crippen LogP contribution in [0.2, 0.25) is 5.02 Å². The summed E-state index contributed by atoms with van der Waals surface area (Å²) in [5.41, 5.74) is 2.64. The lowest BCUT2D eigenvalue weighted by atomic mass is 10.1. The van der Waals surface area contributed by atoms with Gasteiger partial charge >= 0.3 is 0 Å². The number of hydrogen-bond acceptors (Lipinski definition) is 2. The Hall–Kier alpha value is -1.39. The van der Waals surface area contributed by atoms with Crippen molar-refractivity contribution in [3.05, 3.63) is 46.3 Å². The smallest absolute Gasteiger partial charge is 0.144 e. The Balaban J connectivity index is 2.40. The Morgan fingerprint density at radius 2 is 2.00 bits per heavy atom. The van der Waals surface area contributed by atoms with E-state index in [1.165, 1.54) is 0 Å². The minimum Gasteiger partial charge on any atom is -0.334 e. The van der Waals surface area contributed by atoms with Crippen LogP contribution >= 0.6 is 27.5 Å². The molecule has 0 atom stereocenters. The summed E-state index contributed by atoms with van der Waals surface area (Å²) in [6.45, 7) is 0. The molecule has 0 amide bonds. The molecule has 0 fully saturated rings.